The molecule has 0 spiro atoms. The normalized spacial score (nSPS) is 11.4. The van der Waals surface area contributed by atoms with Gasteiger partial charge in [0.05, 0.1) is 10.6 Å². The van der Waals surface area contributed by atoms with Crippen molar-refractivity contribution in [2.45, 2.75) is 11.4 Å². The molecular formula is C13H11Br2FN2O2S. The lowest BCUT2D eigenvalue weighted by Crippen LogP contribution is -2.17. The van der Waals surface area contributed by atoms with Crippen molar-refractivity contribution in [3.8, 4) is 0 Å². The van der Waals surface area contributed by atoms with Crippen molar-refractivity contribution >= 4 is 47.6 Å². The van der Waals surface area contributed by atoms with Gasteiger partial charge in [0.1, 0.15) is 5.82 Å². The highest BCUT2D eigenvalue weighted by atomic mass is 79.9. The Bertz CT molecular complexity index is 782. The predicted molar refractivity (Wildman–Crippen MR) is 86.9 cm³/mol. The van der Waals surface area contributed by atoms with E-state index in [-0.39, 0.29) is 11.4 Å². The fraction of sp³-hybridized carbons (Fsp3) is 0.0769. The van der Waals surface area contributed by atoms with E-state index in [9.17, 15) is 12.8 Å². The number of sulfonamides is 1. The smallest absolute Gasteiger partial charge is 0.262 e. The molecular weight excluding hydrogens is 427 g/mol. The van der Waals surface area contributed by atoms with E-state index in [0.29, 0.717) is 20.2 Å². The van der Waals surface area contributed by atoms with Crippen LogP contribution in [0.2, 0.25) is 0 Å². The molecule has 0 fully saturated rings. The number of benzene rings is 2. The molecule has 2 aromatic rings. The second kappa shape index (κ2) is 6.43. The van der Waals surface area contributed by atoms with Gasteiger partial charge in [-0.25, -0.2) is 12.8 Å². The van der Waals surface area contributed by atoms with Gasteiger partial charge in [-0.3, -0.25) is 4.72 Å². The van der Waals surface area contributed by atoms with Crippen molar-refractivity contribution in [1.82, 2.24) is 0 Å². The van der Waals surface area contributed by atoms with Gasteiger partial charge < -0.3 is 5.73 Å². The van der Waals surface area contributed by atoms with Gasteiger partial charge in [-0.05, 0) is 51.8 Å². The average molecular weight is 438 g/mol. The Kier molecular flexibility index (Phi) is 5.03. The zero-order valence-electron chi connectivity index (χ0n) is 10.6. The number of rotatable bonds is 4. The number of nitrogens with two attached hydrogens (primary N) is 1. The zero-order valence-corrected chi connectivity index (χ0v) is 14.6. The van der Waals surface area contributed by atoms with Gasteiger partial charge in [0.25, 0.3) is 10.0 Å². The van der Waals surface area contributed by atoms with E-state index >= 15 is 0 Å². The van der Waals surface area contributed by atoms with Crippen LogP contribution in [0.15, 0.2) is 50.2 Å². The minimum absolute atomic E-state index is 0.00379. The lowest BCUT2D eigenvalue weighted by molar-refractivity contribution is 0.593. The van der Waals surface area contributed by atoms with E-state index in [1.165, 1.54) is 12.1 Å². The molecule has 0 aromatic heterocycles. The number of halogens is 3. The molecule has 0 unspecified atom stereocenters. The Morgan fingerprint density at radius 1 is 1.14 bits per heavy atom. The molecule has 0 aliphatic carbocycles. The molecule has 4 nitrogen and oxygen atoms in total. The second-order valence-corrected chi connectivity index (χ2v) is 7.61. The van der Waals surface area contributed by atoms with Gasteiger partial charge >= 0.3 is 0 Å². The van der Waals surface area contributed by atoms with Crippen molar-refractivity contribution in [3.63, 3.8) is 0 Å². The third-order valence-corrected chi connectivity index (χ3v) is 5.34. The van der Waals surface area contributed by atoms with E-state index in [2.05, 4.69) is 36.6 Å². The molecule has 8 heteroatoms. The second-order valence-electron chi connectivity index (χ2n) is 4.19. The van der Waals surface area contributed by atoms with Crippen molar-refractivity contribution in [1.29, 1.82) is 0 Å². The maximum absolute atomic E-state index is 13.3. The summed E-state index contributed by atoms with van der Waals surface area (Å²) in [5.74, 6) is -0.638. The van der Waals surface area contributed by atoms with Gasteiger partial charge in [0.15, 0.2) is 0 Å². The topological polar surface area (TPSA) is 72.2 Å². The molecule has 3 N–H and O–H groups in total. The molecule has 0 aliphatic rings. The van der Waals surface area contributed by atoms with Crippen LogP contribution in [-0.4, -0.2) is 8.42 Å². The highest BCUT2D eigenvalue weighted by molar-refractivity contribution is 9.11. The molecule has 21 heavy (non-hydrogen) atoms. The van der Waals surface area contributed by atoms with Crippen molar-refractivity contribution in [3.05, 3.63) is 56.7 Å². The number of anilines is 1. The Morgan fingerprint density at radius 3 is 2.52 bits per heavy atom. The first-order valence-electron chi connectivity index (χ1n) is 5.80. The molecule has 0 heterocycles. The van der Waals surface area contributed by atoms with Crippen LogP contribution in [0.5, 0.6) is 0 Å². The summed E-state index contributed by atoms with van der Waals surface area (Å²) in [4.78, 5) is -0.170. The van der Waals surface area contributed by atoms with Crippen LogP contribution in [0.25, 0.3) is 0 Å². The van der Waals surface area contributed by atoms with Crippen LogP contribution in [0.1, 0.15) is 5.56 Å². The number of hydrogen-bond acceptors (Lipinski definition) is 3. The van der Waals surface area contributed by atoms with Crippen LogP contribution in [0, 0.1) is 5.82 Å². The summed E-state index contributed by atoms with van der Waals surface area (Å²) in [6.45, 7) is -0.00379. The van der Waals surface area contributed by atoms with E-state index in [1.54, 1.807) is 18.2 Å². The Balaban J connectivity index is 2.48. The molecule has 0 aliphatic heterocycles. The molecule has 0 saturated carbocycles. The minimum Gasteiger partial charge on any atom is -0.326 e. The summed E-state index contributed by atoms with van der Waals surface area (Å²) >= 11 is 6.52. The van der Waals surface area contributed by atoms with Crippen LogP contribution < -0.4 is 10.5 Å². The highest BCUT2D eigenvalue weighted by Gasteiger charge is 2.20. The van der Waals surface area contributed by atoms with Crippen LogP contribution in [0.4, 0.5) is 10.1 Å². The van der Waals surface area contributed by atoms with Crippen LogP contribution in [-0.2, 0) is 16.6 Å². The quantitative estimate of drug-likeness (QED) is 0.767. The van der Waals surface area contributed by atoms with Crippen molar-refractivity contribution in [2.24, 2.45) is 5.73 Å². The first kappa shape index (κ1) is 16.4. The molecule has 0 amide bonds. The summed E-state index contributed by atoms with van der Waals surface area (Å²) in [6, 6.07) is 8.54. The Hall–Kier alpha value is -0.960. The fourth-order valence-corrected chi connectivity index (χ4v) is 3.89. The lowest BCUT2D eigenvalue weighted by Gasteiger charge is -2.13. The zero-order chi connectivity index (χ0) is 15.6. The number of nitrogens with one attached hydrogen (secondary N) is 1. The Labute approximate surface area is 138 Å². The van der Waals surface area contributed by atoms with Gasteiger partial charge in [-0.15, -0.1) is 0 Å². The molecule has 0 atom stereocenters. The standard InChI is InChI=1S/C13H11Br2FN2O2S/c14-9-2-4-11(15)12(5-9)18-21(19,20)13-6-10(16)3-1-8(13)7-17/h1-6,18H,7,17H2. The molecule has 0 saturated heterocycles. The maximum Gasteiger partial charge on any atom is 0.262 e. The van der Waals surface area contributed by atoms with Gasteiger partial charge in [-0.2, -0.15) is 0 Å². The van der Waals surface area contributed by atoms with Crippen molar-refractivity contribution < 1.29 is 12.8 Å². The first-order chi connectivity index (χ1) is 9.83. The third kappa shape index (κ3) is 3.82. The Morgan fingerprint density at radius 2 is 1.86 bits per heavy atom. The van der Waals surface area contributed by atoms with Crippen LogP contribution >= 0.6 is 31.9 Å². The van der Waals surface area contributed by atoms with E-state index in [1.807, 2.05) is 0 Å². The van der Waals surface area contributed by atoms with Crippen molar-refractivity contribution in [2.75, 3.05) is 4.72 Å². The molecule has 2 rings (SSSR count). The lowest BCUT2D eigenvalue weighted by atomic mass is 10.2. The SMILES string of the molecule is NCc1ccc(F)cc1S(=O)(=O)Nc1cc(Br)ccc1Br. The predicted octanol–water partition coefficient (Wildman–Crippen LogP) is 3.61. The molecule has 2 aromatic carbocycles. The van der Waals surface area contributed by atoms with Gasteiger partial charge in [-0.1, -0.05) is 22.0 Å². The monoisotopic (exact) mass is 436 g/mol. The average Bonchev–Trinajstić information content (AvgIpc) is 2.42. The summed E-state index contributed by atoms with van der Waals surface area (Å²) in [6.07, 6.45) is 0. The van der Waals surface area contributed by atoms with E-state index in [4.69, 9.17) is 5.73 Å². The minimum atomic E-state index is -3.94. The summed E-state index contributed by atoms with van der Waals surface area (Å²) in [5.41, 5.74) is 6.20. The molecule has 0 bridgehead atoms. The summed E-state index contributed by atoms with van der Waals surface area (Å²) in [5, 5.41) is 0. The summed E-state index contributed by atoms with van der Waals surface area (Å²) < 4.78 is 41.9. The first-order valence-corrected chi connectivity index (χ1v) is 8.87. The van der Waals surface area contributed by atoms with Gasteiger partial charge in [0.2, 0.25) is 0 Å². The number of hydrogen-bond donors (Lipinski definition) is 2. The molecule has 0 radical (unpaired) electrons. The fourth-order valence-electron chi connectivity index (χ4n) is 1.72. The summed E-state index contributed by atoms with van der Waals surface area (Å²) in [7, 11) is -3.94. The van der Waals surface area contributed by atoms with E-state index < -0.39 is 15.8 Å². The maximum atomic E-state index is 13.3. The molecule has 112 valence electrons. The third-order valence-electron chi connectivity index (χ3n) is 2.71. The van der Waals surface area contributed by atoms with Crippen LogP contribution in [0.3, 0.4) is 0 Å². The highest BCUT2D eigenvalue weighted by Crippen LogP contribution is 2.29. The largest absolute Gasteiger partial charge is 0.326 e. The van der Waals surface area contributed by atoms with Gasteiger partial charge in [0, 0.05) is 15.5 Å². The van der Waals surface area contributed by atoms with E-state index in [0.717, 1.165) is 6.07 Å².